The van der Waals surface area contributed by atoms with Crippen LogP contribution in [0.2, 0.25) is 0 Å². The minimum absolute atomic E-state index is 0.00530. The van der Waals surface area contributed by atoms with E-state index in [1.54, 1.807) is 54.6 Å². The van der Waals surface area contributed by atoms with E-state index in [0.29, 0.717) is 34.2 Å². The maximum Gasteiger partial charge on any atom is 0.164 e. The molecule has 0 unspecified atom stereocenters. The third-order valence-corrected chi connectivity index (χ3v) is 9.54. The average molecular weight is 752 g/mol. The van der Waals surface area contributed by atoms with Crippen LogP contribution in [0.25, 0.3) is 101 Å². The monoisotopic (exact) mass is 751 g/mol. The van der Waals surface area contributed by atoms with Gasteiger partial charge < -0.3 is 0 Å². The lowest BCUT2D eigenvalue weighted by Crippen LogP contribution is -2.00. The molecule has 0 aliphatic carbocycles. The van der Waals surface area contributed by atoms with Crippen molar-refractivity contribution in [3.8, 4) is 90.6 Å². The normalized spacial score (nSPS) is 13.3. The van der Waals surface area contributed by atoms with Gasteiger partial charge in [-0.25, -0.2) is 29.9 Å². The standard InChI is InChI=1S/C52H34N6/c1-4-15-37(16-5-1)47-53-48(38-17-6-2-7-18-38)56-51(55-47)45-24-12-22-42(33-45)43-23-13-25-46(34-43)52-57-49(39-19-8-3-9-20-39)54-50(58-52)40-29-26-36(27-30-40)44-31-28-35-14-10-11-21-41(35)32-44/h1-34H/i1D,4D,5D,12D,15D,16D,22D,24D,33D. The van der Waals surface area contributed by atoms with E-state index in [0.717, 1.165) is 33.0 Å². The predicted octanol–water partition coefficient (Wildman–Crippen LogP) is 12.5. The minimum Gasteiger partial charge on any atom is -0.208 e. The first-order chi connectivity index (χ1) is 32.4. The van der Waals surface area contributed by atoms with Gasteiger partial charge in [-0.15, -0.1) is 0 Å². The van der Waals surface area contributed by atoms with Gasteiger partial charge in [-0.05, 0) is 51.2 Å². The highest BCUT2D eigenvalue weighted by atomic mass is 15.0. The van der Waals surface area contributed by atoms with E-state index >= 15 is 0 Å². The van der Waals surface area contributed by atoms with Crippen LogP contribution in [0.1, 0.15) is 12.3 Å². The first-order valence-electron chi connectivity index (χ1n) is 23.0. The predicted molar refractivity (Wildman–Crippen MR) is 234 cm³/mol. The van der Waals surface area contributed by atoms with Crippen LogP contribution in [0.3, 0.4) is 0 Å². The smallest absolute Gasteiger partial charge is 0.164 e. The van der Waals surface area contributed by atoms with E-state index in [1.807, 2.05) is 66.7 Å². The number of fused-ring (bicyclic) bond motifs is 1. The second-order valence-corrected chi connectivity index (χ2v) is 13.3. The van der Waals surface area contributed by atoms with E-state index < -0.39 is 42.3 Å². The van der Waals surface area contributed by atoms with E-state index in [-0.39, 0.29) is 46.2 Å². The summed E-state index contributed by atoms with van der Waals surface area (Å²) in [4.78, 5) is 28.5. The number of nitrogens with zero attached hydrogens (tertiary/aromatic N) is 6. The quantitative estimate of drug-likeness (QED) is 0.154. The molecule has 0 spiro atoms. The Kier molecular flexibility index (Phi) is 6.85. The minimum atomic E-state index is -0.592. The van der Waals surface area contributed by atoms with E-state index in [1.165, 1.54) is 0 Å². The van der Waals surface area contributed by atoms with Crippen molar-refractivity contribution >= 4 is 10.8 Å². The zero-order chi connectivity index (χ0) is 46.5. The largest absolute Gasteiger partial charge is 0.208 e. The fraction of sp³-hybridized carbons (Fsp3) is 0. The van der Waals surface area contributed by atoms with E-state index in [9.17, 15) is 1.37 Å². The fourth-order valence-electron chi connectivity index (χ4n) is 6.62. The molecule has 0 radical (unpaired) electrons. The molecule has 0 aliphatic rings. The molecule has 0 saturated carbocycles. The molecule has 58 heavy (non-hydrogen) atoms. The van der Waals surface area contributed by atoms with Crippen molar-refractivity contribution < 1.29 is 12.3 Å². The van der Waals surface area contributed by atoms with Gasteiger partial charge >= 0.3 is 0 Å². The molecule has 0 saturated heterocycles. The SMILES string of the molecule is [2H]c1c([2H])c([2H])c(-c2nc(-c3ccccc3)nc(-c3c([2H])c([2H])c([2H])c(-c4cccc(-c5nc(-c6ccccc6)nc(-c6ccc(-c7ccc8ccccc8c7)cc6)n5)c4)c3[2H])n2)c([2H])c1[2H]. The molecule has 6 nitrogen and oxygen atoms in total. The van der Waals surface area contributed by atoms with Gasteiger partial charge in [0.15, 0.2) is 34.9 Å². The molecule has 6 heteroatoms. The molecule has 0 bridgehead atoms. The lowest BCUT2D eigenvalue weighted by Gasteiger charge is -2.11. The second-order valence-electron chi connectivity index (χ2n) is 13.3. The van der Waals surface area contributed by atoms with Gasteiger partial charge in [0.1, 0.15) is 0 Å². The summed E-state index contributed by atoms with van der Waals surface area (Å²) in [5.74, 6) is 0.680. The third-order valence-electron chi connectivity index (χ3n) is 9.54. The van der Waals surface area contributed by atoms with Crippen molar-refractivity contribution in [1.82, 2.24) is 29.9 Å². The van der Waals surface area contributed by atoms with Crippen molar-refractivity contribution in [2.75, 3.05) is 0 Å². The summed E-state index contributed by atoms with van der Waals surface area (Å²) in [6, 6.07) is 43.2. The van der Waals surface area contributed by atoms with Crippen LogP contribution in [0.4, 0.5) is 0 Å². The topological polar surface area (TPSA) is 77.3 Å². The summed E-state index contributed by atoms with van der Waals surface area (Å²) in [5, 5.41) is 2.31. The summed E-state index contributed by atoms with van der Waals surface area (Å²) < 4.78 is 78.9. The Balaban J connectivity index is 1.10. The van der Waals surface area contributed by atoms with Crippen LogP contribution in [-0.2, 0) is 0 Å². The lowest BCUT2D eigenvalue weighted by atomic mass is 10.00. The van der Waals surface area contributed by atoms with Crippen molar-refractivity contribution in [2.45, 2.75) is 0 Å². The van der Waals surface area contributed by atoms with Gasteiger partial charge in [-0.2, -0.15) is 0 Å². The zero-order valence-corrected chi connectivity index (χ0v) is 30.6. The lowest BCUT2D eigenvalue weighted by molar-refractivity contribution is 1.07. The van der Waals surface area contributed by atoms with Crippen molar-refractivity contribution in [3.63, 3.8) is 0 Å². The fourth-order valence-corrected chi connectivity index (χ4v) is 6.62. The molecule has 2 aromatic heterocycles. The molecule has 272 valence electrons. The summed E-state index contributed by atoms with van der Waals surface area (Å²) in [5.41, 5.74) is 4.50. The van der Waals surface area contributed by atoms with Crippen molar-refractivity contribution in [2.24, 2.45) is 0 Å². The van der Waals surface area contributed by atoms with Crippen LogP contribution in [0.15, 0.2) is 206 Å². The van der Waals surface area contributed by atoms with Gasteiger partial charge in [0.25, 0.3) is 0 Å². The number of hydrogen-bond acceptors (Lipinski definition) is 6. The Morgan fingerprint density at radius 1 is 0.259 bits per heavy atom. The highest BCUT2D eigenvalue weighted by Crippen LogP contribution is 2.32. The van der Waals surface area contributed by atoms with Crippen LogP contribution in [-0.4, -0.2) is 29.9 Å². The maximum atomic E-state index is 9.59. The molecule has 0 fully saturated rings. The highest BCUT2D eigenvalue weighted by molar-refractivity contribution is 5.87. The first kappa shape index (κ1) is 26.0. The molecule has 0 atom stereocenters. The Morgan fingerprint density at radius 3 is 1.34 bits per heavy atom. The average Bonchev–Trinajstić information content (AvgIpc) is 3.37. The number of rotatable bonds is 8. The molecule has 0 N–H and O–H groups in total. The van der Waals surface area contributed by atoms with Gasteiger partial charge in [0.05, 0.1) is 12.3 Å². The Labute approximate surface area is 349 Å². The Bertz CT molecular complexity index is 3550. The highest BCUT2D eigenvalue weighted by Gasteiger charge is 2.16. The molecular formula is C52H34N6. The van der Waals surface area contributed by atoms with Gasteiger partial charge in [-0.1, -0.05) is 188 Å². The third kappa shape index (κ3) is 7.14. The van der Waals surface area contributed by atoms with Crippen LogP contribution < -0.4 is 0 Å². The Hall–Kier alpha value is -7.96. The van der Waals surface area contributed by atoms with Gasteiger partial charge in [0, 0.05) is 33.4 Å². The second kappa shape index (κ2) is 15.3. The van der Waals surface area contributed by atoms with Gasteiger partial charge in [0.2, 0.25) is 0 Å². The molecule has 10 rings (SSSR count). The molecular weight excluding hydrogens is 709 g/mol. The van der Waals surface area contributed by atoms with E-state index in [2.05, 4.69) is 45.3 Å². The number of benzene rings is 8. The summed E-state index contributed by atoms with van der Waals surface area (Å²) in [7, 11) is 0. The maximum absolute atomic E-state index is 9.59. The molecule has 0 aliphatic heterocycles. The van der Waals surface area contributed by atoms with Crippen LogP contribution in [0, 0.1) is 0 Å². The number of hydrogen-bond donors (Lipinski definition) is 0. The van der Waals surface area contributed by atoms with Crippen LogP contribution >= 0.6 is 0 Å². The number of aromatic nitrogens is 6. The molecule has 2 heterocycles. The van der Waals surface area contributed by atoms with E-state index in [4.69, 9.17) is 25.9 Å². The van der Waals surface area contributed by atoms with Gasteiger partial charge in [-0.3, -0.25) is 0 Å². The van der Waals surface area contributed by atoms with Crippen molar-refractivity contribution in [3.05, 3.63) is 206 Å². The summed E-state index contributed by atoms with van der Waals surface area (Å²) in [6.07, 6.45) is 0. The molecule has 10 aromatic rings. The van der Waals surface area contributed by atoms with Crippen molar-refractivity contribution in [1.29, 1.82) is 0 Å². The molecule has 8 aromatic carbocycles. The molecule has 0 amide bonds. The van der Waals surface area contributed by atoms with Crippen LogP contribution in [0.5, 0.6) is 0 Å². The Morgan fingerprint density at radius 2 is 0.690 bits per heavy atom. The first-order valence-corrected chi connectivity index (χ1v) is 18.5. The zero-order valence-electron chi connectivity index (χ0n) is 39.6. The summed E-state index contributed by atoms with van der Waals surface area (Å²) >= 11 is 0. The summed E-state index contributed by atoms with van der Waals surface area (Å²) in [6.45, 7) is 0.